The SMILES string of the molecule is C=C/C=C(\C=C)[C@H]1C[C@H]1c1ccc(NC(=O)Cc2ccc3ccccc3c2)cc1. The molecule has 0 heterocycles. The van der Waals surface area contributed by atoms with Crippen molar-refractivity contribution in [3.05, 3.63) is 115 Å². The zero-order valence-electron chi connectivity index (χ0n) is 16.5. The van der Waals surface area contributed by atoms with Crippen LogP contribution in [0.25, 0.3) is 10.8 Å². The fourth-order valence-electron chi connectivity index (χ4n) is 3.96. The van der Waals surface area contributed by atoms with Gasteiger partial charge in [0.15, 0.2) is 0 Å². The van der Waals surface area contributed by atoms with Crippen molar-refractivity contribution in [1.82, 2.24) is 0 Å². The molecule has 1 saturated carbocycles. The van der Waals surface area contributed by atoms with E-state index in [1.165, 1.54) is 16.5 Å². The van der Waals surface area contributed by atoms with Crippen LogP contribution in [0.3, 0.4) is 0 Å². The van der Waals surface area contributed by atoms with Crippen molar-refractivity contribution in [1.29, 1.82) is 0 Å². The summed E-state index contributed by atoms with van der Waals surface area (Å²) in [5, 5.41) is 5.36. The Hall–Kier alpha value is -3.39. The number of amides is 1. The first kappa shape index (κ1) is 18.9. The molecule has 2 heteroatoms. The smallest absolute Gasteiger partial charge is 0.228 e. The Labute approximate surface area is 172 Å². The van der Waals surface area contributed by atoms with E-state index in [2.05, 4.69) is 54.9 Å². The van der Waals surface area contributed by atoms with Gasteiger partial charge in [0.25, 0.3) is 0 Å². The molecule has 29 heavy (non-hydrogen) atoms. The van der Waals surface area contributed by atoms with Crippen molar-refractivity contribution in [2.75, 3.05) is 5.32 Å². The summed E-state index contributed by atoms with van der Waals surface area (Å²) >= 11 is 0. The van der Waals surface area contributed by atoms with Gasteiger partial charge in [0.05, 0.1) is 6.42 Å². The van der Waals surface area contributed by atoms with Crippen LogP contribution in [0.5, 0.6) is 0 Å². The number of rotatable bonds is 7. The molecule has 1 aliphatic carbocycles. The lowest BCUT2D eigenvalue weighted by atomic mass is 10.0. The quantitative estimate of drug-likeness (QED) is 0.471. The fraction of sp³-hybridized carbons (Fsp3) is 0.148. The highest BCUT2D eigenvalue weighted by Gasteiger charge is 2.39. The predicted molar refractivity (Wildman–Crippen MR) is 122 cm³/mol. The first-order valence-corrected chi connectivity index (χ1v) is 10.0. The van der Waals surface area contributed by atoms with E-state index in [-0.39, 0.29) is 5.91 Å². The summed E-state index contributed by atoms with van der Waals surface area (Å²) in [4.78, 5) is 12.5. The van der Waals surface area contributed by atoms with Gasteiger partial charge in [-0.25, -0.2) is 0 Å². The summed E-state index contributed by atoms with van der Waals surface area (Å²) in [6, 6.07) is 22.6. The minimum absolute atomic E-state index is 0.000175. The maximum Gasteiger partial charge on any atom is 0.228 e. The third-order valence-electron chi connectivity index (χ3n) is 5.57. The topological polar surface area (TPSA) is 29.1 Å². The molecule has 0 unspecified atom stereocenters. The first-order chi connectivity index (χ1) is 14.2. The summed E-state index contributed by atoms with van der Waals surface area (Å²) in [6.45, 7) is 7.68. The molecule has 1 fully saturated rings. The molecule has 3 aromatic rings. The third kappa shape index (κ3) is 4.38. The number of hydrogen-bond donors (Lipinski definition) is 1. The Morgan fingerprint density at radius 2 is 1.76 bits per heavy atom. The van der Waals surface area contributed by atoms with Crippen LogP contribution in [-0.4, -0.2) is 5.91 Å². The molecular weight excluding hydrogens is 354 g/mol. The van der Waals surface area contributed by atoms with E-state index in [1.54, 1.807) is 0 Å². The Kier molecular flexibility index (Phi) is 5.44. The van der Waals surface area contributed by atoms with Gasteiger partial charge in [0, 0.05) is 5.69 Å². The largest absolute Gasteiger partial charge is 0.326 e. The van der Waals surface area contributed by atoms with Crippen molar-refractivity contribution in [2.45, 2.75) is 18.8 Å². The molecule has 4 rings (SSSR count). The number of nitrogens with one attached hydrogen (secondary N) is 1. The number of allylic oxidation sites excluding steroid dienone is 4. The molecule has 0 aromatic heterocycles. The van der Waals surface area contributed by atoms with Gasteiger partial charge in [0.2, 0.25) is 5.91 Å². The average Bonchev–Trinajstić information content (AvgIpc) is 3.53. The van der Waals surface area contributed by atoms with Crippen LogP contribution in [0.2, 0.25) is 0 Å². The van der Waals surface area contributed by atoms with E-state index in [4.69, 9.17) is 0 Å². The lowest BCUT2D eigenvalue weighted by Gasteiger charge is -2.08. The van der Waals surface area contributed by atoms with Crippen molar-refractivity contribution < 1.29 is 4.79 Å². The molecule has 2 nitrogen and oxygen atoms in total. The average molecular weight is 380 g/mol. The maximum atomic E-state index is 12.5. The second-order valence-corrected chi connectivity index (χ2v) is 7.58. The fourth-order valence-corrected chi connectivity index (χ4v) is 3.96. The number of hydrogen-bond acceptors (Lipinski definition) is 1. The van der Waals surface area contributed by atoms with E-state index in [0.717, 1.165) is 23.1 Å². The summed E-state index contributed by atoms with van der Waals surface area (Å²) < 4.78 is 0. The highest BCUT2D eigenvalue weighted by atomic mass is 16.1. The zero-order valence-corrected chi connectivity index (χ0v) is 16.5. The van der Waals surface area contributed by atoms with E-state index < -0.39 is 0 Å². The summed E-state index contributed by atoms with van der Waals surface area (Å²) in [5.74, 6) is 1.06. The minimum Gasteiger partial charge on any atom is -0.326 e. The molecule has 0 aliphatic heterocycles. The highest BCUT2D eigenvalue weighted by Crippen LogP contribution is 2.52. The van der Waals surface area contributed by atoms with Gasteiger partial charge >= 0.3 is 0 Å². The Morgan fingerprint density at radius 1 is 1.00 bits per heavy atom. The summed E-state index contributed by atoms with van der Waals surface area (Å²) in [5.41, 5.74) is 4.41. The molecular formula is C27H25NO. The van der Waals surface area contributed by atoms with Gasteiger partial charge < -0.3 is 5.32 Å². The third-order valence-corrected chi connectivity index (χ3v) is 5.57. The monoisotopic (exact) mass is 379 g/mol. The van der Waals surface area contributed by atoms with E-state index in [1.807, 2.05) is 48.6 Å². The van der Waals surface area contributed by atoms with Crippen LogP contribution >= 0.6 is 0 Å². The van der Waals surface area contributed by atoms with Crippen molar-refractivity contribution >= 4 is 22.4 Å². The molecule has 3 aromatic carbocycles. The van der Waals surface area contributed by atoms with Gasteiger partial charge in [-0.15, -0.1) is 0 Å². The molecule has 2 atom stereocenters. The Bertz CT molecular complexity index is 1090. The lowest BCUT2D eigenvalue weighted by Crippen LogP contribution is -2.14. The van der Waals surface area contributed by atoms with Crippen LogP contribution in [0.4, 0.5) is 5.69 Å². The highest BCUT2D eigenvalue weighted by molar-refractivity contribution is 5.93. The van der Waals surface area contributed by atoms with E-state index in [0.29, 0.717) is 18.3 Å². The number of carbonyl (C=O) groups excluding carboxylic acids is 1. The van der Waals surface area contributed by atoms with Gasteiger partial charge in [-0.1, -0.05) is 86.0 Å². The van der Waals surface area contributed by atoms with E-state index in [9.17, 15) is 4.79 Å². The van der Waals surface area contributed by atoms with Crippen molar-refractivity contribution in [3.8, 4) is 0 Å². The first-order valence-electron chi connectivity index (χ1n) is 10.0. The molecule has 144 valence electrons. The molecule has 1 N–H and O–H groups in total. The molecule has 0 spiro atoms. The standard InChI is InChI=1S/C27H25NO/c1-3-7-20(4-2)25-18-26(25)22-12-14-24(15-13-22)28-27(29)17-19-10-11-21-8-5-6-9-23(21)16-19/h3-16,25-26H,1-2,17-18H2,(H,28,29)/b20-7+/t25-,26+/m1/s1. The van der Waals surface area contributed by atoms with Crippen molar-refractivity contribution in [2.24, 2.45) is 5.92 Å². The number of anilines is 1. The minimum atomic E-state index is 0.000175. The number of carbonyl (C=O) groups is 1. The van der Waals surface area contributed by atoms with E-state index >= 15 is 0 Å². The zero-order chi connectivity index (χ0) is 20.2. The molecule has 1 aliphatic rings. The van der Waals surface area contributed by atoms with Crippen LogP contribution in [0.15, 0.2) is 104 Å². The van der Waals surface area contributed by atoms with Crippen LogP contribution in [0.1, 0.15) is 23.5 Å². The van der Waals surface area contributed by atoms with Gasteiger partial charge in [-0.05, 0) is 57.9 Å². The van der Waals surface area contributed by atoms with Crippen LogP contribution < -0.4 is 5.32 Å². The summed E-state index contributed by atoms with van der Waals surface area (Å²) in [7, 11) is 0. The van der Waals surface area contributed by atoms with Crippen LogP contribution in [0, 0.1) is 5.92 Å². The molecule has 1 amide bonds. The number of benzene rings is 3. The second kappa shape index (κ2) is 8.32. The van der Waals surface area contributed by atoms with Gasteiger partial charge in [-0.2, -0.15) is 0 Å². The maximum absolute atomic E-state index is 12.5. The van der Waals surface area contributed by atoms with Crippen LogP contribution in [-0.2, 0) is 11.2 Å². The lowest BCUT2D eigenvalue weighted by molar-refractivity contribution is -0.115. The predicted octanol–water partition coefficient (Wildman–Crippen LogP) is 6.42. The Balaban J connectivity index is 1.37. The molecule has 0 saturated heterocycles. The molecule has 0 radical (unpaired) electrons. The summed E-state index contributed by atoms with van der Waals surface area (Å²) in [6.07, 6.45) is 7.29. The molecule has 0 bridgehead atoms. The van der Waals surface area contributed by atoms with Gasteiger partial charge in [0.1, 0.15) is 0 Å². The normalized spacial score (nSPS) is 18.3. The van der Waals surface area contributed by atoms with Gasteiger partial charge in [-0.3, -0.25) is 4.79 Å². The Morgan fingerprint density at radius 3 is 2.48 bits per heavy atom. The second-order valence-electron chi connectivity index (χ2n) is 7.58. The number of fused-ring (bicyclic) bond motifs is 1. The van der Waals surface area contributed by atoms with Crippen molar-refractivity contribution in [3.63, 3.8) is 0 Å².